The van der Waals surface area contributed by atoms with Gasteiger partial charge in [0, 0.05) is 37.3 Å². The van der Waals surface area contributed by atoms with Gasteiger partial charge in [0.25, 0.3) is 0 Å². The van der Waals surface area contributed by atoms with Crippen molar-refractivity contribution in [2.75, 3.05) is 11.9 Å². The monoisotopic (exact) mass is 222 g/mol. The fourth-order valence-electron chi connectivity index (χ4n) is 1.39. The van der Waals surface area contributed by atoms with E-state index in [0.29, 0.717) is 0 Å². The van der Waals surface area contributed by atoms with Crippen LogP contribution in [-0.4, -0.2) is 21.1 Å². The molecule has 0 radical (unpaired) electrons. The van der Waals surface area contributed by atoms with E-state index in [2.05, 4.69) is 32.2 Å². The highest BCUT2D eigenvalue weighted by molar-refractivity contribution is 7.07. The Kier molecular flexibility index (Phi) is 3.34. The molecule has 0 bridgehead atoms. The van der Waals surface area contributed by atoms with E-state index in [0.717, 1.165) is 31.2 Å². The van der Waals surface area contributed by atoms with Crippen LogP contribution >= 0.6 is 11.3 Å². The Labute approximate surface area is 93.0 Å². The summed E-state index contributed by atoms with van der Waals surface area (Å²) in [6, 6.07) is 0. The molecular formula is C10H14N4S. The van der Waals surface area contributed by atoms with Gasteiger partial charge in [-0.25, -0.2) is 9.97 Å². The van der Waals surface area contributed by atoms with E-state index in [-0.39, 0.29) is 0 Å². The highest BCUT2D eigenvalue weighted by atomic mass is 32.1. The van der Waals surface area contributed by atoms with E-state index >= 15 is 0 Å². The van der Waals surface area contributed by atoms with Gasteiger partial charge in [-0.05, 0) is 6.92 Å². The average Bonchev–Trinajstić information content (AvgIpc) is 2.88. The molecule has 0 spiro atoms. The van der Waals surface area contributed by atoms with Crippen LogP contribution in [0.25, 0.3) is 0 Å². The van der Waals surface area contributed by atoms with Gasteiger partial charge in [0.1, 0.15) is 0 Å². The van der Waals surface area contributed by atoms with Gasteiger partial charge in [0.2, 0.25) is 5.95 Å². The molecular weight excluding hydrogens is 208 g/mol. The maximum Gasteiger partial charge on any atom is 0.202 e. The quantitative estimate of drug-likeness (QED) is 0.841. The molecule has 5 heteroatoms. The fraction of sp³-hybridized carbons (Fsp3) is 0.400. The van der Waals surface area contributed by atoms with Crippen LogP contribution < -0.4 is 5.32 Å². The third-order valence-electron chi connectivity index (χ3n) is 2.20. The lowest BCUT2D eigenvalue weighted by Crippen LogP contribution is -2.10. The zero-order chi connectivity index (χ0) is 10.5. The number of rotatable bonds is 5. The first-order valence-corrected chi connectivity index (χ1v) is 5.96. The number of aryl methyl sites for hydroxylation is 1. The molecule has 0 atom stereocenters. The topological polar surface area (TPSA) is 42.7 Å². The minimum absolute atomic E-state index is 0.876. The normalized spacial score (nSPS) is 10.5. The standard InChI is InChI=1S/C10H14N4S/c1-2-14-6-5-12-10(14)11-4-3-9-7-15-8-13-9/h5-8H,2-4H2,1H3,(H,11,12). The van der Waals surface area contributed by atoms with E-state index < -0.39 is 0 Å². The first-order chi connectivity index (χ1) is 7.40. The smallest absolute Gasteiger partial charge is 0.202 e. The number of imidazole rings is 1. The SMILES string of the molecule is CCn1ccnc1NCCc1cscn1. The Hall–Kier alpha value is -1.36. The summed E-state index contributed by atoms with van der Waals surface area (Å²) < 4.78 is 2.08. The summed E-state index contributed by atoms with van der Waals surface area (Å²) in [7, 11) is 0. The molecule has 0 aromatic carbocycles. The van der Waals surface area contributed by atoms with Crippen LogP contribution in [0, 0.1) is 0 Å². The van der Waals surface area contributed by atoms with Crippen molar-refractivity contribution < 1.29 is 0 Å². The van der Waals surface area contributed by atoms with Crippen molar-refractivity contribution in [3.05, 3.63) is 29.0 Å². The second-order valence-electron chi connectivity index (χ2n) is 3.19. The van der Waals surface area contributed by atoms with E-state index in [1.807, 2.05) is 17.9 Å². The molecule has 4 nitrogen and oxygen atoms in total. The zero-order valence-electron chi connectivity index (χ0n) is 8.68. The van der Waals surface area contributed by atoms with Crippen LogP contribution in [0.4, 0.5) is 5.95 Å². The number of thiazole rings is 1. The van der Waals surface area contributed by atoms with Crippen LogP contribution in [0.3, 0.4) is 0 Å². The summed E-state index contributed by atoms with van der Waals surface area (Å²) >= 11 is 1.64. The molecule has 0 aliphatic heterocycles. The van der Waals surface area contributed by atoms with Gasteiger partial charge in [0.15, 0.2) is 0 Å². The van der Waals surface area contributed by atoms with Crippen LogP contribution in [0.1, 0.15) is 12.6 Å². The fourth-order valence-corrected chi connectivity index (χ4v) is 1.99. The number of aromatic nitrogens is 3. The summed E-state index contributed by atoms with van der Waals surface area (Å²) in [6.07, 6.45) is 4.74. The molecule has 0 saturated carbocycles. The Bertz CT molecular complexity index is 393. The summed E-state index contributed by atoms with van der Waals surface area (Å²) in [6.45, 7) is 3.92. The number of nitrogens with zero attached hydrogens (tertiary/aromatic N) is 3. The summed E-state index contributed by atoms with van der Waals surface area (Å²) in [5.74, 6) is 0.938. The van der Waals surface area contributed by atoms with Crippen molar-refractivity contribution >= 4 is 17.3 Å². The van der Waals surface area contributed by atoms with Crippen LogP contribution in [-0.2, 0) is 13.0 Å². The van der Waals surface area contributed by atoms with Gasteiger partial charge >= 0.3 is 0 Å². The molecule has 15 heavy (non-hydrogen) atoms. The molecule has 0 unspecified atom stereocenters. The first kappa shape index (κ1) is 10.2. The van der Waals surface area contributed by atoms with Gasteiger partial charge in [-0.1, -0.05) is 0 Å². The van der Waals surface area contributed by atoms with Gasteiger partial charge in [-0.15, -0.1) is 11.3 Å². The summed E-state index contributed by atoms with van der Waals surface area (Å²) in [4.78, 5) is 8.47. The van der Waals surface area contributed by atoms with Crippen molar-refractivity contribution in [2.24, 2.45) is 0 Å². The molecule has 80 valence electrons. The van der Waals surface area contributed by atoms with Crippen molar-refractivity contribution in [3.63, 3.8) is 0 Å². The number of hydrogen-bond acceptors (Lipinski definition) is 4. The lowest BCUT2D eigenvalue weighted by atomic mass is 10.3. The average molecular weight is 222 g/mol. The molecule has 0 amide bonds. The summed E-state index contributed by atoms with van der Waals surface area (Å²) in [5, 5.41) is 5.38. The Morgan fingerprint density at radius 2 is 2.40 bits per heavy atom. The van der Waals surface area contributed by atoms with E-state index in [1.165, 1.54) is 0 Å². The van der Waals surface area contributed by atoms with Gasteiger partial charge in [0.05, 0.1) is 11.2 Å². The highest BCUT2D eigenvalue weighted by Gasteiger charge is 2.00. The maximum atomic E-state index is 4.24. The minimum atomic E-state index is 0.876. The van der Waals surface area contributed by atoms with Crippen LogP contribution in [0.2, 0.25) is 0 Å². The van der Waals surface area contributed by atoms with E-state index in [4.69, 9.17) is 0 Å². The van der Waals surface area contributed by atoms with Crippen molar-refractivity contribution in [3.8, 4) is 0 Å². The lowest BCUT2D eigenvalue weighted by Gasteiger charge is -2.06. The molecule has 2 heterocycles. The van der Waals surface area contributed by atoms with Gasteiger partial charge < -0.3 is 9.88 Å². The van der Waals surface area contributed by atoms with Gasteiger partial charge in [-0.2, -0.15) is 0 Å². The first-order valence-electron chi connectivity index (χ1n) is 5.02. The van der Waals surface area contributed by atoms with Crippen molar-refractivity contribution in [1.82, 2.24) is 14.5 Å². The van der Waals surface area contributed by atoms with Crippen molar-refractivity contribution in [1.29, 1.82) is 0 Å². The summed E-state index contributed by atoms with van der Waals surface area (Å²) in [5.41, 5.74) is 3.00. The molecule has 1 N–H and O–H groups in total. The largest absolute Gasteiger partial charge is 0.355 e. The van der Waals surface area contributed by atoms with Gasteiger partial charge in [-0.3, -0.25) is 0 Å². The second kappa shape index (κ2) is 4.93. The maximum absolute atomic E-state index is 4.24. The number of anilines is 1. The number of hydrogen-bond donors (Lipinski definition) is 1. The molecule has 0 saturated heterocycles. The molecule has 2 aromatic heterocycles. The predicted octanol–water partition coefficient (Wildman–Crippen LogP) is 2.01. The molecule has 2 rings (SSSR count). The van der Waals surface area contributed by atoms with Crippen LogP contribution in [0.5, 0.6) is 0 Å². The predicted molar refractivity (Wildman–Crippen MR) is 62.2 cm³/mol. The molecule has 0 fully saturated rings. The molecule has 2 aromatic rings. The minimum Gasteiger partial charge on any atom is -0.355 e. The lowest BCUT2D eigenvalue weighted by molar-refractivity contribution is 0.761. The highest BCUT2D eigenvalue weighted by Crippen LogP contribution is 2.05. The molecule has 0 aliphatic rings. The zero-order valence-corrected chi connectivity index (χ0v) is 9.50. The third kappa shape index (κ3) is 2.56. The third-order valence-corrected chi connectivity index (χ3v) is 2.84. The Morgan fingerprint density at radius 1 is 1.47 bits per heavy atom. The van der Waals surface area contributed by atoms with E-state index in [1.54, 1.807) is 11.3 Å². The van der Waals surface area contributed by atoms with Crippen molar-refractivity contribution in [2.45, 2.75) is 19.9 Å². The number of nitrogens with one attached hydrogen (secondary N) is 1. The van der Waals surface area contributed by atoms with Crippen LogP contribution in [0.15, 0.2) is 23.3 Å². The Balaban J connectivity index is 1.83. The van der Waals surface area contributed by atoms with E-state index in [9.17, 15) is 0 Å². The second-order valence-corrected chi connectivity index (χ2v) is 3.91. The Morgan fingerprint density at radius 3 is 3.13 bits per heavy atom. The molecule has 0 aliphatic carbocycles.